The van der Waals surface area contributed by atoms with Crippen molar-refractivity contribution in [1.29, 1.82) is 0 Å². The molecule has 1 atom stereocenters. The molecular weight excluding hydrogens is 308 g/mol. The van der Waals surface area contributed by atoms with Gasteiger partial charge in [0.2, 0.25) is 0 Å². The van der Waals surface area contributed by atoms with Crippen LogP contribution in [-0.4, -0.2) is 12.6 Å². The van der Waals surface area contributed by atoms with Crippen molar-refractivity contribution >= 4 is 12.0 Å². The predicted octanol–water partition coefficient (Wildman–Crippen LogP) is 6.13. The molecule has 0 saturated carbocycles. The Morgan fingerprint density at radius 1 is 1.04 bits per heavy atom. The van der Waals surface area contributed by atoms with Crippen molar-refractivity contribution in [1.82, 2.24) is 0 Å². The third-order valence-corrected chi connectivity index (χ3v) is 4.41. The molecule has 0 spiro atoms. The fourth-order valence-corrected chi connectivity index (χ4v) is 2.76. The van der Waals surface area contributed by atoms with Crippen LogP contribution in [-0.2, 0) is 9.53 Å². The summed E-state index contributed by atoms with van der Waals surface area (Å²) in [5.74, 6) is 0.207. The van der Waals surface area contributed by atoms with Gasteiger partial charge in [0.25, 0.3) is 0 Å². The number of ether oxygens (including phenoxy) is 1. The van der Waals surface area contributed by atoms with Gasteiger partial charge in [0, 0.05) is 6.08 Å². The molecule has 2 heteroatoms. The highest BCUT2D eigenvalue weighted by molar-refractivity contribution is 5.87. The maximum atomic E-state index is 12.0. The first-order chi connectivity index (χ1) is 12.2. The molecule has 0 N–H and O–H groups in total. The molecule has 0 aromatic heterocycles. The molecule has 132 valence electrons. The molecule has 0 fully saturated rings. The van der Waals surface area contributed by atoms with Crippen LogP contribution in [0.25, 0.3) is 17.2 Å². The van der Waals surface area contributed by atoms with Crippen LogP contribution in [0.1, 0.15) is 45.1 Å². The standard InChI is InChI=1S/C23H28O2/c1-3-5-10-19(4-2)18-25-23(24)16-15-20-11-9-14-22(17-20)21-12-7-6-8-13-21/h6-9,11-17,19H,3-5,10,18H2,1-2H3/b16-15+. The maximum absolute atomic E-state index is 12.0. The monoisotopic (exact) mass is 336 g/mol. The molecule has 0 bridgehead atoms. The van der Waals surface area contributed by atoms with Crippen molar-refractivity contribution in [3.8, 4) is 11.1 Å². The van der Waals surface area contributed by atoms with E-state index in [0.29, 0.717) is 12.5 Å². The van der Waals surface area contributed by atoms with E-state index in [0.717, 1.165) is 24.0 Å². The van der Waals surface area contributed by atoms with Crippen molar-refractivity contribution in [2.45, 2.75) is 39.5 Å². The van der Waals surface area contributed by atoms with Gasteiger partial charge in [-0.3, -0.25) is 0 Å². The average Bonchev–Trinajstić information content (AvgIpc) is 2.67. The summed E-state index contributed by atoms with van der Waals surface area (Å²) in [6.45, 7) is 4.85. The first-order valence-electron chi connectivity index (χ1n) is 9.23. The molecule has 2 nitrogen and oxygen atoms in total. The Labute approximate surface area is 151 Å². The lowest BCUT2D eigenvalue weighted by atomic mass is 10.0. The molecule has 0 radical (unpaired) electrons. The van der Waals surface area contributed by atoms with Crippen molar-refractivity contribution in [2.75, 3.05) is 6.61 Å². The highest BCUT2D eigenvalue weighted by Gasteiger charge is 2.08. The summed E-state index contributed by atoms with van der Waals surface area (Å²) in [7, 11) is 0. The highest BCUT2D eigenvalue weighted by atomic mass is 16.5. The van der Waals surface area contributed by atoms with Crippen LogP contribution in [0.5, 0.6) is 0 Å². The van der Waals surface area contributed by atoms with E-state index < -0.39 is 0 Å². The van der Waals surface area contributed by atoms with Gasteiger partial charge in [-0.1, -0.05) is 81.6 Å². The van der Waals surface area contributed by atoms with Crippen LogP contribution in [0.3, 0.4) is 0 Å². The molecular formula is C23H28O2. The number of hydrogen-bond donors (Lipinski definition) is 0. The van der Waals surface area contributed by atoms with E-state index >= 15 is 0 Å². The van der Waals surface area contributed by atoms with Crippen molar-refractivity contribution in [3.05, 3.63) is 66.2 Å². The fraction of sp³-hybridized carbons (Fsp3) is 0.348. The summed E-state index contributed by atoms with van der Waals surface area (Å²) in [5.41, 5.74) is 3.31. The molecule has 0 aliphatic rings. The lowest BCUT2D eigenvalue weighted by Gasteiger charge is -2.13. The predicted molar refractivity (Wildman–Crippen MR) is 105 cm³/mol. The second-order valence-electron chi connectivity index (χ2n) is 6.37. The van der Waals surface area contributed by atoms with Crippen molar-refractivity contribution < 1.29 is 9.53 Å². The first-order valence-corrected chi connectivity index (χ1v) is 9.23. The number of unbranched alkanes of at least 4 members (excludes halogenated alkanes) is 1. The highest BCUT2D eigenvalue weighted by Crippen LogP contribution is 2.20. The van der Waals surface area contributed by atoms with Crippen LogP contribution in [0, 0.1) is 5.92 Å². The number of carbonyl (C=O) groups is 1. The summed E-state index contributed by atoms with van der Waals surface area (Å²) in [6, 6.07) is 18.4. The van der Waals surface area contributed by atoms with Crippen LogP contribution in [0.15, 0.2) is 60.7 Å². The molecule has 0 heterocycles. The zero-order valence-corrected chi connectivity index (χ0v) is 15.3. The van der Waals surface area contributed by atoms with E-state index in [-0.39, 0.29) is 5.97 Å². The van der Waals surface area contributed by atoms with Gasteiger partial charge >= 0.3 is 5.97 Å². The minimum absolute atomic E-state index is 0.264. The van der Waals surface area contributed by atoms with Gasteiger partial charge in [-0.15, -0.1) is 0 Å². The molecule has 2 aromatic carbocycles. The zero-order chi connectivity index (χ0) is 17.9. The van der Waals surface area contributed by atoms with Crippen molar-refractivity contribution in [2.24, 2.45) is 5.92 Å². The van der Waals surface area contributed by atoms with Gasteiger partial charge in [0.05, 0.1) is 6.61 Å². The molecule has 1 unspecified atom stereocenters. The van der Waals surface area contributed by atoms with Crippen LogP contribution in [0.2, 0.25) is 0 Å². The Kier molecular flexibility index (Phi) is 7.97. The van der Waals surface area contributed by atoms with Crippen LogP contribution < -0.4 is 0 Å². The number of rotatable bonds is 9. The lowest BCUT2D eigenvalue weighted by Crippen LogP contribution is -2.12. The van der Waals surface area contributed by atoms with Crippen LogP contribution >= 0.6 is 0 Å². The van der Waals surface area contributed by atoms with Gasteiger partial charge in [-0.25, -0.2) is 4.79 Å². The summed E-state index contributed by atoms with van der Waals surface area (Å²) < 4.78 is 5.40. The van der Waals surface area contributed by atoms with Gasteiger partial charge in [-0.05, 0) is 41.2 Å². The maximum Gasteiger partial charge on any atom is 0.330 e. The fourth-order valence-electron chi connectivity index (χ4n) is 2.76. The Balaban J connectivity index is 1.91. The minimum Gasteiger partial charge on any atom is -0.462 e. The second kappa shape index (κ2) is 10.5. The average molecular weight is 336 g/mol. The summed E-state index contributed by atoms with van der Waals surface area (Å²) in [6.07, 6.45) is 7.90. The van der Waals surface area contributed by atoms with E-state index in [4.69, 9.17) is 4.74 Å². The third-order valence-electron chi connectivity index (χ3n) is 4.41. The molecule has 2 rings (SSSR count). The number of benzene rings is 2. The molecule has 0 amide bonds. The number of esters is 1. The largest absolute Gasteiger partial charge is 0.462 e. The number of hydrogen-bond acceptors (Lipinski definition) is 2. The van der Waals surface area contributed by atoms with Crippen LogP contribution in [0.4, 0.5) is 0 Å². The van der Waals surface area contributed by atoms with E-state index in [2.05, 4.69) is 38.1 Å². The summed E-state index contributed by atoms with van der Waals surface area (Å²) in [5, 5.41) is 0. The number of carbonyl (C=O) groups excluding carboxylic acids is 1. The topological polar surface area (TPSA) is 26.3 Å². The molecule has 2 aromatic rings. The Morgan fingerprint density at radius 3 is 2.52 bits per heavy atom. The van der Waals surface area contributed by atoms with E-state index in [1.54, 1.807) is 0 Å². The summed E-state index contributed by atoms with van der Waals surface area (Å²) in [4.78, 5) is 12.0. The SMILES string of the molecule is CCCCC(CC)COC(=O)/C=C/c1cccc(-c2ccccc2)c1. The van der Waals surface area contributed by atoms with E-state index in [1.807, 2.05) is 36.4 Å². The zero-order valence-electron chi connectivity index (χ0n) is 15.3. The summed E-state index contributed by atoms with van der Waals surface area (Å²) >= 11 is 0. The minimum atomic E-state index is -0.264. The second-order valence-corrected chi connectivity index (χ2v) is 6.37. The smallest absolute Gasteiger partial charge is 0.330 e. The van der Waals surface area contributed by atoms with Gasteiger partial charge in [0.15, 0.2) is 0 Å². The van der Waals surface area contributed by atoms with Crippen molar-refractivity contribution in [3.63, 3.8) is 0 Å². The van der Waals surface area contributed by atoms with Gasteiger partial charge in [0.1, 0.15) is 0 Å². The normalized spacial score (nSPS) is 12.2. The molecule has 0 aliphatic carbocycles. The first kappa shape index (κ1) is 19.0. The van der Waals surface area contributed by atoms with E-state index in [9.17, 15) is 4.79 Å². The molecule has 25 heavy (non-hydrogen) atoms. The van der Waals surface area contributed by atoms with E-state index in [1.165, 1.54) is 24.5 Å². The Bertz CT molecular complexity index is 674. The molecule has 0 saturated heterocycles. The Hall–Kier alpha value is -2.35. The third kappa shape index (κ3) is 6.58. The Morgan fingerprint density at radius 2 is 1.80 bits per heavy atom. The quantitative estimate of drug-likeness (QED) is 0.407. The molecule has 0 aliphatic heterocycles. The van der Waals surface area contributed by atoms with Gasteiger partial charge in [-0.2, -0.15) is 0 Å². The van der Waals surface area contributed by atoms with Gasteiger partial charge < -0.3 is 4.74 Å². The lowest BCUT2D eigenvalue weighted by molar-refractivity contribution is -0.139.